The minimum absolute atomic E-state index is 0.0289. The SMILES string of the molecule is CC(C)(C)c1cc(Cl)cc(CO[C@H]2CCCN(CCc3n[nH]c(=O)[nH]3)[C@H]2c2ccccc2)c1. The van der Waals surface area contributed by atoms with Crippen LogP contribution in [0, 0.1) is 0 Å². The molecule has 1 aromatic heterocycles. The lowest BCUT2D eigenvalue weighted by molar-refractivity contribution is -0.0523. The molecule has 3 aromatic rings. The first kappa shape index (κ1) is 23.7. The number of hydrogen-bond donors (Lipinski definition) is 2. The van der Waals surface area contributed by atoms with Gasteiger partial charge in [0.2, 0.25) is 0 Å². The topological polar surface area (TPSA) is 74.0 Å². The van der Waals surface area contributed by atoms with Crippen molar-refractivity contribution in [2.45, 2.75) is 64.2 Å². The average Bonchev–Trinajstić information content (AvgIpc) is 3.21. The summed E-state index contributed by atoms with van der Waals surface area (Å²) in [5.74, 6) is 0.684. The van der Waals surface area contributed by atoms with Crippen LogP contribution in [0.4, 0.5) is 0 Å². The van der Waals surface area contributed by atoms with Gasteiger partial charge in [0.15, 0.2) is 0 Å². The number of likely N-dealkylation sites (tertiary alicyclic amines) is 1. The molecule has 4 rings (SSSR count). The molecule has 0 spiro atoms. The van der Waals surface area contributed by atoms with E-state index in [2.05, 4.69) is 71.2 Å². The normalized spacial score (nSPS) is 19.6. The van der Waals surface area contributed by atoms with Crippen molar-refractivity contribution in [1.82, 2.24) is 20.1 Å². The molecule has 2 atom stereocenters. The van der Waals surface area contributed by atoms with E-state index in [0.29, 0.717) is 18.9 Å². The zero-order chi connectivity index (χ0) is 23.4. The predicted octanol–water partition coefficient (Wildman–Crippen LogP) is 5.01. The summed E-state index contributed by atoms with van der Waals surface area (Å²) in [7, 11) is 0. The van der Waals surface area contributed by atoms with E-state index in [1.807, 2.05) is 18.2 Å². The van der Waals surface area contributed by atoms with Crippen LogP contribution in [0.3, 0.4) is 0 Å². The number of piperidine rings is 1. The van der Waals surface area contributed by atoms with Gasteiger partial charge in [0.25, 0.3) is 0 Å². The first-order chi connectivity index (χ1) is 15.8. The van der Waals surface area contributed by atoms with E-state index >= 15 is 0 Å². The highest BCUT2D eigenvalue weighted by molar-refractivity contribution is 6.30. The van der Waals surface area contributed by atoms with Crippen LogP contribution in [-0.2, 0) is 23.2 Å². The third-order valence-electron chi connectivity index (χ3n) is 6.29. The first-order valence-corrected chi connectivity index (χ1v) is 12.0. The Kier molecular flexibility index (Phi) is 7.37. The van der Waals surface area contributed by atoms with E-state index in [9.17, 15) is 4.79 Å². The minimum atomic E-state index is -0.263. The molecular weight excluding hydrogens is 436 g/mol. The third kappa shape index (κ3) is 6.14. The van der Waals surface area contributed by atoms with Crippen LogP contribution in [0.25, 0.3) is 0 Å². The van der Waals surface area contributed by atoms with Gasteiger partial charge in [0.05, 0.1) is 18.8 Å². The Balaban J connectivity index is 1.52. The largest absolute Gasteiger partial charge is 0.372 e. The summed E-state index contributed by atoms with van der Waals surface area (Å²) >= 11 is 6.43. The van der Waals surface area contributed by atoms with Gasteiger partial charge < -0.3 is 4.74 Å². The molecule has 1 aliphatic rings. The van der Waals surface area contributed by atoms with Crippen LogP contribution >= 0.6 is 11.6 Å². The fourth-order valence-corrected chi connectivity index (χ4v) is 4.83. The summed E-state index contributed by atoms with van der Waals surface area (Å²) < 4.78 is 6.57. The molecule has 1 fully saturated rings. The molecule has 7 heteroatoms. The number of H-pyrrole nitrogens is 2. The standard InChI is InChI=1S/C26H33ClN4O2/c1-26(2,3)20-14-18(15-21(27)16-20)17-33-22-10-7-12-31(13-11-23-28-25(32)30-29-23)24(22)19-8-5-4-6-9-19/h4-6,8-9,14-16,22,24H,7,10-13,17H2,1-3H3,(H2,28,29,30,32)/t22-,24-/m0/s1. The second kappa shape index (κ2) is 10.2. The number of hydrogen-bond acceptors (Lipinski definition) is 4. The van der Waals surface area contributed by atoms with E-state index in [0.717, 1.165) is 36.5 Å². The van der Waals surface area contributed by atoms with Gasteiger partial charge in [0, 0.05) is 18.0 Å². The molecule has 2 N–H and O–H groups in total. The molecule has 1 saturated heterocycles. The summed E-state index contributed by atoms with van der Waals surface area (Å²) in [5.41, 5.74) is 3.33. The van der Waals surface area contributed by atoms with E-state index in [4.69, 9.17) is 16.3 Å². The van der Waals surface area contributed by atoms with Crippen molar-refractivity contribution in [2.24, 2.45) is 0 Å². The highest BCUT2D eigenvalue weighted by atomic mass is 35.5. The van der Waals surface area contributed by atoms with Crippen LogP contribution < -0.4 is 5.69 Å². The van der Waals surface area contributed by atoms with Crippen molar-refractivity contribution in [3.63, 3.8) is 0 Å². The Hall–Kier alpha value is -2.41. The molecule has 2 aromatic carbocycles. The van der Waals surface area contributed by atoms with Gasteiger partial charge in [-0.05, 0) is 53.6 Å². The van der Waals surface area contributed by atoms with Crippen LogP contribution in [0.5, 0.6) is 0 Å². The quantitative estimate of drug-likeness (QED) is 0.511. The summed E-state index contributed by atoms with van der Waals surface area (Å²) in [5, 5.41) is 7.27. The summed E-state index contributed by atoms with van der Waals surface area (Å²) in [6.45, 7) is 8.89. The molecule has 2 heterocycles. The fraction of sp³-hybridized carbons (Fsp3) is 0.462. The van der Waals surface area contributed by atoms with Gasteiger partial charge in [0.1, 0.15) is 5.82 Å². The molecule has 0 bridgehead atoms. The van der Waals surface area contributed by atoms with Crippen molar-refractivity contribution in [2.75, 3.05) is 13.1 Å². The second-order valence-corrected chi connectivity index (χ2v) is 10.3. The summed E-state index contributed by atoms with van der Waals surface area (Å²) in [6, 6.07) is 16.9. The molecule has 0 amide bonds. The van der Waals surface area contributed by atoms with Gasteiger partial charge in [-0.3, -0.25) is 9.88 Å². The fourth-order valence-electron chi connectivity index (χ4n) is 4.57. The Bertz CT molecular complexity index is 1100. The van der Waals surface area contributed by atoms with Crippen molar-refractivity contribution in [3.8, 4) is 0 Å². The zero-order valence-corrected chi connectivity index (χ0v) is 20.4. The molecule has 0 saturated carbocycles. The van der Waals surface area contributed by atoms with Crippen LogP contribution in [-0.4, -0.2) is 39.3 Å². The maximum atomic E-state index is 11.4. The van der Waals surface area contributed by atoms with Gasteiger partial charge >= 0.3 is 5.69 Å². The number of nitrogens with zero attached hydrogens (tertiary/aromatic N) is 2. The Morgan fingerprint density at radius 3 is 2.67 bits per heavy atom. The molecule has 0 radical (unpaired) electrons. The zero-order valence-electron chi connectivity index (χ0n) is 19.6. The highest BCUT2D eigenvalue weighted by Gasteiger charge is 2.33. The van der Waals surface area contributed by atoms with Crippen molar-refractivity contribution in [3.05, 3.63) is 86.6 Å². The minimum Gasteiger partial charge on any atom is -0.372 e. The van der Waals surface area contributed by atoms with Gasteiger partial charge in [-0.15, -0.1) is 0 Å². The molecular formula is C26H33ClN4O2. The molecule has 33 heavy (non-hydrogen) atoms. The monoisotopic (exact) mass is 468 g/mol. The number of ether oxygens (including phenoxy) is 1. The molecule has 0 aliphatic carbocycles. The van der Waals surface area contributed by atoms with Crippen LogP contribution in [0.1, 0.15) is 62.2 Å². The van der Waals surface area contributed by atoms with Gasteiger partial charge in [-0.2, -0.15) is 5.10 Å². The number of halogens is 1. The number of nitrogens with one attached hydrogen (secondary N) is 2. The highest BCUT2D eigenvalue weighted by Crippen LogP contribution is 2.34. The lowest BCUT2D eigenvalue weighted by atomic mass is 9.86. The van der Waals surface area contributed by atoms with Crippen molar-refractivity contribution >= 4 is 11.6 Å². The summed E-state index contributed by atoms with van der Waals surface area (Å²) in [4.78, 5) is 16.6. The Morgan fingerprint density at radius 1 is 1.18 bits per heavy atom. The number of aromatic nitrogens is 3. The first-order valence-electron chi connectivity index (χ1n) is 11.6. The number of benzene rings is 2. The maximum absolute atomic E-state index is 11.4. The average molecular weight is 469 g/mol. The van der Waals surface area contributed by atoms with Gasteiger partial charge in [-0.1, -0.05) is 68.8 Å². The molecule has 6 nitrogen and oxygen atoms in total. The molecule has 1 aliphatic heterocycles. The van der Waals surface area contributed by atoms with E-state index in [1.54, 1.807) is 0 Å². The predicted molar refractivity (Wildman–Crippen MR) is 132 cm³/mol. The van der Waals surface area contributed by atoms with Crippen LogP contribution in [0.2, 0.25) is 5.02 Å². The third-order valence-corrected chi connectivity index (χ3v) is 6.51. The lowest BCUT2D eigenvalue weighted by Gasteiger charge is -2.41. The van der Waals surface area contributed by atoms with Crippen molar-refractivity contribution < 1.29 is 4.74 Å². The van der Waals surface area contributed by atoms with Gasteiger partial charge in [-0.25, -0.2) is 9.89 Å². The molecule has 176 valence electrons. The van der Waals surface area contributed by atoms with Crippen molar-refractivity contribution in [1.29, 1.82) is 0 Å². The number of aromatic amines is 2. The lowest BCUT2D eigenvalue weighted by Crippen LogP contribution is -2.43. The smallest absolute Gasteiger partial charge is 0.340 e. The second-order valence-electron chi connectivity index (χ2n) is 9.86. The Morgan fingerprint density at radius 2 is 1.97 bits per heavy atom. The maximum Gasteiger partial charge on any atom is 0.340 e. The van der Waals surface area contributed by atoms with E-state index in [-0.39, 0.29) is 23.3 Å². The van der Waals surface area contributed by atoms with E-state index in [1.165, 1.54) is 11.1 Å². The number of rotatable bonds is 7. The van der Waals surface area contributed by atoms with E-state index < -0.39 is 0 Å². The molecule has 0 unspecified atom stereocenters. The van der Waals surface area contributed by atoms with Crippen LogP contribution in [0.15, 0.2) is 53.3 Å². The summed E-state index contributed by atoms with van der Waals surface area (Å²) in [6.07, 6.45) is 2.81. The Labute approximate surface area is 200 Å².